The van der Waals surface area contributed by atoms with Gasteiger partial charge in [-0.3, -0.25) is 0 Å². The molecule has 42 valence electrons. The zero-order valence-electron chi connectivity index (χ0n) is 4.10. The fourth-order valence-electron chi connectivity index (χ4n) is 0.592. The van der Waals surface area contributed by atoms with Crippen LogP contribution in [0.1, 0.15) is 12.8 Å². The fraction of sp³-hybridized carbons (Fsp3) is 0.800. The van der Waals surface area contributed by atoms with Gasteiger partial charge in [0.2, 0.25) is 0 Å². The van der Waals surface area contributed by atoms with Crippen molar-refractivity contribution in [2.75, 3.05) is 4.43 Å². The molecule has 0 saturated heterocycles. The second kappa shape index (κ2) is 2.77. The molecule has 1 nitrogen and oxygen atoms in total. The van der Waals surface area contributed by atoms with Crippen LogP contribution < -0.4 is 0 Å². The highest BCUT2D eigenvalue weighted by Gasteiger charge is 2.01. The van der Waals surface area contributed by atoms with E-state index >= 15 is 0 Å². The first-order chi connectivity index (χ1) is 3.39. The first kappa shape index (κ1) is 5.69. The van der Waals surface area contributed by atoms with Crippen LogP contribution in [-0.4, -0.2) is 19.6 Å². The van der Waals surface area contributed by atoms with Crippen molar-refractivity contribution < 1.29 is 5.11 Å². The summed E-state index contributed by atoms with van der Waals surface area (Å²) < 4.78 is 3.48. The minimum absolute atomic E-state index is 0.0402. The third-order valence-corrected chi connectivity index (χ3v) is 3.70. The van der Waals surface area contributed by atoms with Gasteiger partial charge in [-0.15, -0.1) is 20.7 Å². The van der Waals surface area contributed by atoms with Crippen LogP contribution in [0.25, 0.3) is 0 Å². The molecule has 0 amide bonds. The zero-order chi connectivity index (χ0) is 5.11. The lowest BCUT2D eigenvalue weighted by atomic mass is 10.2. The van der Waals surface area contributed by atoms with Gasteiger partial charge in [0, 0.05) is 0 Å². The maximum atomic E-state index is 8.88. The third-order valence-electron chi connectivity index (χ3n) is 0.977. The number of aliphatic hydroxyl groups is 1. The van der Waals surface area contributed by atoms with Gasteiger partial charge < -0.3 is 5.11 Å². The topological polar surface area (TPSA) is 20.2 Å². The first-order valence-electron chi connectivity index (χ1n) is 2.49. The second-order valence-electron chi connectivity index (χ2n) is 1.68. The summed E-state index contributed by atoms with van der Waals surface area (Å²) in [4.78, 5) is 0. The van der Waals surface area contributed by atoms with Crippen LogP contribution in [0.3, 0.4) is 0 Å². The van der Waals surface area contributed by atoms with Gasteiger partial charge >= 0.3 is 0 Å². The smallest absolute Gasteiger partial charge is 0.0773 e. The van der Waals surface area contributed by atoms with Crippen LogP contribution in [0.4, 0.5) is 0 Å². The summed E-state index contributed by atoms with van der Waals surface area (Å²) >= 11 is 0.299. The van der Waals surface area contributed by atoms with Gasteiger partial charge in [-0.05, 0) is 21.3 Å². The molecule has 2 heteroatoms. The minimum Gasteiger partial charge on any atom is -0.389 e. The Morgan fingerprint density at radius 2 is 2.57 bits per heavy atom. The Labute approximate surface area is 53.5 Å². The van der Waals surface area contributed by atoms with Crippen molar-refractivity contribution in [2.24, 2.45) is 0 Å². The highest BCUT2D eigenvalue weighted by Crippen LogP contribution is 2.10. The summed E-state index contributed by atoms with van der Waals surface area (Å²) in [6, 6.07) is 0. The summed E-state index contributed by atoms with van der Waals surface area (Å²) in [6.45, 7) is 0. The number of halogens is 1. The average molecular weight is 212 g/mol. The van der Waals surface area contributed by atoms with E-state index < -0.39 is 0 Å². The van der Waals surface area contributed by atoms with E-state index in [2.05, 4.69) is 4.01 Å². The second-order valence-corrected chi connectivity index (χ2v) is 4.36. The molecule has 1 heterocycles. The summed E-state index contributed by atoms with van der Waals surface area (Å²) in [5, 5.41) is 8.88. The SMILES string of the molecule is OC1C=ICCC1. The Morgan fingerprint density at radius 1 is 1.71 bits per heavy atom. The number of hydrogen-bond acceptors (Lipinski definition) is 1. The maximum Gasteiger partial charge on any atom is 0.0773 e. The van der Waals surface area contributed by atoms with Crippen LogP contribution in [0, 0.1) is 0 Å². The van der Waals surface area contributed by atoms with E-state index in [1.165, 1.54) is 10.8 Å². The van der Waals surface area contributed by atoms with Crippen molar-refractivity contribution in [1.82, 2.24) is 0 Å². The Hall–Kier alpha value is 0.560. The van der Waals surface area contributed by atoms with E-state index in [-0.39, 0.29) is 6.10 Å². The van der Waals surface area contributed by atoms with Crippen LogP contribution in [0.5, 0.6) is 0 Å². The van der Waals surface area contributed by atoms with Crippen LogP contribution >= 0.6 is 20.7 Å². The minimum atomic E-state index is -0.0402. The normalized spacial score (nSPS) is 31.9. The Balaban J connectivity index is 2.36. The Kier molecular flexibility index (Phi) is 2.25. The number of hydrogen-bond donors (Lipinski definition) is 1. The molecule has 0 fully saturated rings. The summed E-state index contributed by atoms with van der Waals surface area (Å²) in [7, 11) is 0. The van der Waals surface area contributed by atoms with E-state index in [0.29, 0.717) is 20.7 Å². The van der Waals surface area contributed by atoms with Crippen molar-refractivity contribution in [3.8, 4) is 0 Å². The average Bonchev–Trinajstić information content (AvgIpc) is 1.69. The third kappa shape index (κ3) is 1.86. The molecule has 1 aliphatic rings. The van der Waals surface area contributed by atoms with Gasteiger partial charge in [0.15, 0.2) is 0 Å². The molecule has 1 rings (SSSR count). The molecule has 1 N–H and O–H groups in total. The lowest BCUT2D eigenvalue weighted by Crippen LogP contribution is -2.09. The Morgan fingerprint density at radius 3 is 2.86 bits per heavy atom. The predicted octanol–water partition coefficient (Wildman–Crippen LogP) is 0.914. The molecular weight excluding hydrogens is 203 g/mol. The van der Waals surface area contributed by atoms with E-state index in [4.69, 9.17) is 5.11 Å². The van der Waals surface area contributed by atoms with Gasteiger partial charge in [-0.1, -0.05) is 0 Å². The van der Waals surface area contributed by atoms with Gasteiger partial charge in [0.1, 0.15) is 0 Å². The maximum absolute atomic E-state index is 8.88. The molecule has 0 radical (unpaired) electrons. The Bertz CT molecular complexity index is 80.1. The highest BCUT2D eigenvalue weighted by atomic mass is 127. The molecule has 0 aromatic heterocycles. The molecule has 1 unspecified atom stereocenters. The van der Waals surface area contributed by atoms with Crippen LogP contribution in [0.2, 0.25) is 0 Å². The monoisotopic (exact) mass is 212 g/mol. The molecule has 0 bridgehead atoms. The molecular formula is C5H9IO. The van der Waals surface area contributed by atoms with Crippen molar-refractivity contribution in [3.05, 3.63) is 0 Å². The van der Waals surface area contributed by atoms with Gasteiger partial charge in [-0.2, -0.15) is 0 Å². The standard InChI is InChI=1S/C5H9IO/c7-5-2-1-3-6-4-5/h4-5,7H,1-3H2. The lowest BCUT2D eigenvalue weighted by molar-refractivity contribution is 0.237. The van der Waals surface area contributed by atoms with E-state index in [0.717, 1.165) is 6.42 Å². The van der Waals surface area contributed by atoms with Crippen LogP contribution in [-0.2, 0) is 0 Å². The quantitative estimate of drug-likeness (QED) is 0.467. The van der Waals surface area contributed by atoms with Crippen molar-refractivity contribution >= 4 is 24.7 Å². The molecule has 0 saturated carbocycles. The van der Waals surface area contributed by atoms with E-state index in [1.807, 2.05) is 0 Å². The zero-order valence-corrected chi connectivity index (χ0v) is 6.26. The van der Waals surface area contributed by atoms with Crippen molar-refractivity contribution in [1.29, 1.82) is 0 Å². The molecule has 0 spiro atoms. The largest absolute Gasteiger partial charge is 0.389 e. The van der Waals surface area contributed by atoms with Crippen LogP contribution in [0.15, 0.2) is 0 Å². The van der Waals surface area contributed by atoms with E-state index in [9.17, 15) is 0 Å². The van der Waals surface area contributed by atoms with E-state index in [1.54, 1.807) is 0 Å². The molecule has 1 atom stereocenters. The predicted molar refractivity (Wildman–Crippen MR) is 40.2 cm³/mol. The van der Waals surface area contributed by atoms with Gasteiger partial charge in [0.25, 0.3) is 0 Å². The fourth-order valence-corrected chi connectivity index (χ4v) is 2.78. The summed E-state index contributed by atoms with van der Waals surface area (Å²) in [6.07, 6.45) is 2.23. The lowest BCUT2D eigenvalue weighted by Gasteiger charge is -2.06. The number of rotatable bonds is 0. The van der Waals surface area contributed by atoms with Gasteiger partial charge in [-0.25, -0.2) is 0 Å². The summed E-state index contributed by atoms with van der Waals surface area (Å²) in [5.41, 5.74) is 0. The molecule has 7 heavy (non-hydrogen) atoms. The summed E-state index contributed by atoms with van der Waals surface area (Å²) in [5.74, 6) is 0. The van der Waals surface area contributed by atoms with Crippen molar-refractivity contribution in [3.63, 3.8) is 0 Å². The number of aliphatic hydroxyl groups excluding tert-OH is 1. The first-order valence-corrected chi connectivity index (χ1v) is 5.26. The van der Waals surface area contributed by atoms with Gasteiger partial charge in [0.05, 0.1) is 6.10 Å². The molecule has 0 aromatic rings. The highest BCUT2D eigenvalue weighted by molar-refractivity contribution is 14.2. The molecule has 0 aliphatic carbocycles. The van der Waals surface area contributed by atoms with Crippen molar-refractivity contribution in [2.45, 2.75) is 18.9 Å². The molecule has 0 aromatic carbocycles. The molecule has 1 aliphatic heterocycles. The number of alkyl halides is 1.